The van der Waals surface area contributed by atoms with Gasteiger partial charge in [-0.2, -0.15) is 0 Å². The predicted octanol–water partition coefficient (Wildman–Crippen LogP) is 1.86. The van der Waals surface area contributed by atoms with Crippen LogP contribution in [0.3, 0.4) is 0 Å². The van der Waals surface area contributed by atoms with Crippen molar-refractivity contribution in [3.8, 4) is 17.2 Å². The van der Waals surface area contributed by atoms with Crippen molar-refractivity contribution < 1.29 is 24.1 Å². The molecule has 1 aromatic heterocycles. The molecule has 1 N–H and O–H groups in total. The lowest BCUT2D eigenvalue weighted by Crippen LogP contribution is -2.49. The Kier molecular flexibility index (Phi) is 6.15. The second kappa shape index (κ2) is 9.15. The third-order valence-electron chi connectivity index (χ3n) is 5.28. The molecule has 0 aliphatic carbocycles. The van der Waals surface area contributed by atoms with E-state index in [9.17, 15) is 9.90 Å². The number of aliphatic hydroxyl groups excluding tert-OH is 1. The molecule has 1 aliphatic rings. The molecule has 1 aliphatic heterocycles. The summed E-state index contributed by atoms with van der Waals surface area (Å²) in [5.41, 5.74) is 1.79. The van der Waals surface area contributed by atoms with Gasteiger partial charge in [-0.25, -0.2) is 4.68 Å². The number of aliphatic hydroxyl groups is 1. The number of hydrogen-bond acceptors (Lipinski definition) is 7. The van der Waals surface area contributed by atoms with E-state index in [4.69, 9.17) is 14.2 Å². The van der Waals surface area contributed by atoms with Gasteiger partial charge in [-0.15, -0.1) is 5.10 Å². The first kappa shape index (κ1) is 20.8. The number of hydrogen-bond donors (Lipinski definition) is 1. The van der Waals surface area contributed by atoms with Gasteiger partial charge < -0.3 is 24.2 Å². The molecule has 9 heteroatoms. The second-order valence-corrected chi connectivity index (χ2v) is 7.03. The van der Waals surface area contributed by atoms with Crippen LogP contribution in [0.2, 0.25) is 0 Å². The number of benzene rings is 2. The zero-order chi connectivity index (χ0) is 21.8. The Hall–Kier alpha value is -3.43. The molecule has 162 valence electrons. The highest BCUT2D eigenvalue weighted by Gasteiger charge is 2.37. The van der Waals surface area contributed by atoms with Crippen molar-refractivity contribution in [2.24, 2.45) is 0 Å². The van der Waals surface area contributed by atoms with Crippen LogP contribution in [0.1, 0.15) is 22.1 Å². The van der Waals surface area contributed by atoms with E-state index in [0.717, 1.165) is 11.3 Å². The Morgan fingerprint density at radius 1 is 1.16 bits per heavy atom. The molecule has 1 saturated heterocycles. The molecular weight excluding hydrogens is 400 g/mol. The minimum atomic E-state index is -0.583. The number of nitrogens with zero attached hydrogens (tertiary/aromatic N) is 4. The Morgan fingerprint density at radius 3 is 2.65 bits per heavy atom. The van der Waals surface area contributed by atoms with E-state index in [1.165, 1.54) is 0 Å². The molecular formula is C22H24N4O5. The van der Waals surface area contributed by atoms with E-state index in [1.54, 1.807) is 42.1 Å². The molecule has 0 spiro atoms. The first-order valence-corrected chi connectivity index (χ1v) is 9.89. The first-order valence-electron chi connectivity index (χ1n) is 9.89. The van der Waals surface area contributed by atoms with E-state index in [0.29, 0.717) is 24.7 Å². The first-order chi connectivity index (χ1) is 15.2. The SMILES string of the molecule is COc1ccc([C@@H]2[C@@H](CO)OCCN2C(=O)c2cn(-c3ccccc3)nn2)cc1OC. The third kappa shape index (κ3) is 4.10. The van der Waals surface area contributed by atoms with Crippen molar-refractivity contribution >= 4 is 5.91 Å². The van der Waals surface area contributed by atoms with E-state index in [2.05, 4.69) is 10.3 Å². The summed E-state index contributed by atoms with van der Waals surface area (Å²) in [6.45, 7) is 0.430. The molecule has 1 fully saturated rings. The summed E-state index contributed by atoms with van der Waals surface area (Å²) in [7, 11) is 3.11. The van der Waals surface area contributed by atoms with Crippen molar-refractivity contribution in [1.82, 2.24) is 19.9 Å². The molecule has 2 heterocycles. The van der Waals surface area contributed by atoms with Gasteiger partial charge >= 0.3 is 0 Å². The highest BCUT2D eigenvalue weighted by molar-refractivity contribution is 5.92. The summed E-state index contributed by atoms with van der Waals surface area (Å²) >= 11 is 0. The summed E-state index contributed by atoms with van der Waals surface area (Å²) in [6, 6.07) is 14.3. The summed E-state index contributed by atoms with van der Waals surface area (Å²) in [5.74, 6) is 0.820. The largest absolute Gasteiger partial charge is 0.493 e. The molecule has 1 amide bonds. The molecule has 3 aromatic rings. The Bertz CT molecular complexity index is 1040. The van der Waals surface area contributed by atoms with Crippen molar-refractivity contribution in [2.75, 3.05) is 34.0 Å². The number of carbonyl (C=O) groups excluding carboxylic acids is 1. The van der Waals surface area contributed by atoms with Crippen molar-refractivity contribution in [2.45, 2.75) is 12.1 Å². The Labute approximate surface area is 179 Å². The predicted molar refractivity (Wildman–Crippen MR) is 112 cm³/mol. The van der Waals surface area contributed by atoms with Gasteiger partial charge in [0.05, 0.1) is 45.4 Å². The quantitative estimate of drug-likeness (QED) is 0.645. The lowest BCUT2D eigenvalue weighted by molar-refractivity contribution is -0.0813. The van der Waals surface area contributed by atoms with Crippen LogP contribution >= 0.6 is 0 Å². The number of rotatable bonds is 6. The van der Waals surface area contributed by atoms with Crippen LogP contribution in [0, 0.1) is 0 Å². The van der Waals surface area contributed by atoms with Crippen LogP contribution in [0.4, 0.5) is 0 Å². The van der Waals surface area contributed by atoms with Gasteiger partial charge in [0.15, 0.2) is 17.2 Å². The molecule has 2 aromatic carbocycles. The van der Waals surface area contributed by atoms with Crippen LogP contribution in [0.25, 0.3) is 5.69 Å². The summed E-state index contributed by atoms with van der Waals surface area (Å²) in [5, 5.41) is 18.1. The molecule has 0 unspecified atom stereocenters. The maximum absolute atomic E-state index is 13.4. The summed E-state index contributed by atoms with van der Waals surface area (Å²) in [6.07, 6.45) is 1.02. The standard InChI is InChI=1S/C22H24N4O5/c1-29-18-9-8-15(12-19(18)30-2)21-20(14-27)31-11-10-25(21)22(28)17-13-26(24-23-17)16-6-4-3-5-7-16/h3-9,12-13,20-21,27H,10-11,14H2,1-2H3/t20-,21-/m1/s1. The number of para-hydroxylation sites is 1. The van der Waals surface area contributed by atoms with Crippen LogP contribution < -0.4 is 9.47 Å². The van der Waals surface area contributed by atoms with Crippen molar-refractivity contribution in [3.05, 3.63) is 66.0 Å². The third-order valence-corrected chi connectivity index (χ3v) is 5.28. The fourth-order valence-corrected chi connectivity index (χ4v) is 3.76. The van der Waals surface area contributed by atoms with Crippen molar-refractivity contribution in [3.63, 3.8) is 0 Å². The van der Waals surface area contributed by atoms with E-state index in [-0.39, 0.29) is 18.2 Å². The van der Waals surface area contributed by atoms with Gasteiger partial charge in [-0.1, -0.05) is 29.5 Å². The van der Waals surface area contributed by atoms with Crippen molar-refractivity contribution in [1.29, 1.82) is 0 Å². The van der Waals surface area contributed by atoms with Crippen LogP contribution in [-0.4, -0.2) is 71.0 Å². The highest BCUT2D eigenvalue weighted by atomic mass is 16.5. The topological polar surface area (TPSA) is 98.9 Å². The number of aromatic nitrogens is 3. The molecule has 0 saturated carbocycles. The molecule has 4 rings (SSSR count). The fourth-order valence-electron chi connectivity index (χ4n) is 3.76. The number of ether oxygens (including phenoxy) is 3. The summed E-state index contributed by atoms with van der Waals surface area (Å²) < 4.78 is 18.0. The van der Waals surface area contributed by atoms with Gasteiger partial charge in [0, 0.05) is 6.54 Å². The maximum Gasteiger partial charge on any atom is 0.276 e. The molecule has 31 heavy (non-hydrogen) atoms. The number of amides is 1. The molecule has 9 nitrogen and oxygen atoms in total. The van der Waals surface area contributed by atoms with Crippen LogP contribution in [0.5, 0.6) is 11.5 Å². The van der Waals surface area contributed by atoms with E-state index >= 15 is 0 Å². The number of carbonyl (C=O) groups is 1. The van der Waals surface area contributed by atoms with Gasteiger partial charge in [0.2, 0.25) is 0 Å². The second-order valence-electron chi connectivity index (χ2n) is 7.03. The minimum Gasteiger partial charge on any atom is -0.493 e. The zero-order valence-corrected chi connectivity index (χ0v) is 17.3. The lowest BCUT2D eigenvalue weighted by atomic mass is 9.97. The smallest absolute Gasteiger partial charge is 0.276 e. The van der Waals surface area contributed by atoms with Crippen LogP contribution in [-0.2, 0) is 4.74 Å². The molecule has 0 radical (unpaired) electrons. The Morgan fingerprint density at radius 2 is 1.94 bits per heavy atom. The van der Waals surface area contributed by atoms with Gasteiger partial charge in [-0.05, 0) is 29.8 Å². The Balaban J connectivity index is 1.67. The van der Waals surface area contributed by atoms with E-state index in [1.807, 2.05) is 36.4 Å². The fraction of sp³-hybridized carbons (Fsp3) is 0.318. The number of methoxy groups -OCH3 is 2. The molecule has 2 atom stereocenters. The summed E-state index contributed by atoms with van der Waals surface area (Å²) in [4.78, 5) is 15.0. The van der Waals surface area contributed by atoms with Gasteiger partial charge in [0.1, 0.15) is 6.10 Å². The lowest BCUT2D eigenvalue weighted by Gasteiger charge is -2.40. The number of morpholine rings is 1. The van der Waals surface area contributed by atoms with Gasteiger partial charge in [-0.3, -0.25) is 4.79 Å². The average Bonchev–Trinajstić information content (AvgIpc) is 3.33. The van der Waals surface area contributed by atoms with E-state index < -0.39 is 12.1 Å². The molecule has 0 bridgehead atoms. The highest BCUT2D eigenvalue weighted by Crippen LogP contribution is 2.36. The normalized spacial score (nSPS) is 18.6. The average molecular weight is 424 g/mol. The van der Waals surface area contributed by atoms with Crippen LogP contribution in [0.15, 0.2) is 54.7 Å². The zero-order valence-electron chi connectivity index (χ0n) is 17.3. The monoisotopic (exact) mass is 424 g/mol. The van der Waals surface area contributed by atoms with Gasteiger partial charge in [0.25, 0.3) is 5.91 Å². The maximum atomic E-state index is 13.4. The minimum absolute atomic E-state index is 0.216.